The van der Waals surface area contributed by atoms with Gasteiger partial charge in [0, 0.05) is 16.2 Å². The summed E-state index contributed by atoms with van der Waals surface area (Å²) in [5.41, 5.74) is 6.13. The van der Waals surface area contributed by atoms with Crippen molar-refractivity contribution in [1.82, 2.24) is 0 Å². The van der Waals surface area contributed by atoms with Crippen molar-refractivity contribution in [1.29, 1.82) is 0 Å². The van der Waals surface area contributed by atoms with E-state index in [0.29, 0.717) is 0 Å². The highest BCUT2D eigenvalue weighted by Gasteiger charge is 2.37. The van der Waals surface area contributed by atoms with Crippen molar-refractivity contribution in [2.75, 3.05) is 12.9 Å². The van der Waals surface area contributed by atoms with Gasteiger partial charge < -0.3 is 10.5 Å². The molecular formula is C11H15NOS. The van der Waals surface area contributed by atoms with Crippen LogP contribution >= 0.6 is 11.8 Å². The highest BCUT2D eigenvalue weighted by Crippen LogP contribution is 2.37. The number of methoxy groups -OCH3 is 1. The lowest BCUT2D eigenvalue weighted by Gasteiger charge is -2.07. The Hall–Kier alpha value is -0.670. The van der Waals surface area contributed by atoms with E-state index in [0.717, 1.165) is 11.5 Å². The van der Waals surface area contributed by atoms with Crippen molar-refractivity contribution in [3.05, 3.63) is 24.3 Å². The Balaban J connectivity index is 1.89. The van der Waals surface area contributed by atoms with E-state index in [4.69, 9.17) is 10.5 Å². The molecule has 0 unspecified atom stereocenters. The molecule has 0 amide bonds. The first-order chi connectivity index (χ1) is 6.72. The molecule has 2 N–H and O–H groups in total. The number of hydrogen-bond acceptors (Lipinski definition) is 3. The molecule has 2 nitrogen and oxygen atoms in total. The lowest BCUT2D eigenvalue weighted by molar-refractivity contribution is 0.414. The normalized spacial score (nSPS) is 17.9. The Morgan fingerprint density at radius 3 is 2.50 bits per heavy atom. The van der Waals surface area contributed by atoms with Crippen molar-refractivity contribution in [3.63, 3.8) is 0 Å². The standard InChI is InChI=1S/C11H15NOS/c1-13-9-2-4-10(5-3-9)14-8-11(12)6-7-11/h2-5H,6-8,12H2,1H3. The maximum atomic E-state index is 6.00. The van der Waals surface area contributed by atoms with Gasteiger partial charge in [0.05, 0.1) is 7.11 Å². The van der Waals surface area contributed by atoms with Crippen LogP contribution in [0.5, 0.6) is 5.75 Å². The minimum absolute atomic E-state index is 0.130. The molecule has 14 heavy (non-hydrogen) atoms. The molecule has 1 aliphatic carbocycles. The van der Waals surface area contributed by atoms with Crippen LogP contribution < -0.4 is 10.5 Å². The van der Waals surface area contributed by atoms with E-state index in [2.05, 4.69) is 12.1 Å². The highest BCUT2D eigenvalue weighted by molar-refractivity contribution is 7.99. The van der Waals surface area contributed by atoms with Gasteiger partial charge in [-0.05, 0) is 37.1 Å². The molecule has 3 heteroatoms. The van der Waals surface area contributed by atoms with Crippen molar-refractivity contribution in [2.45, 2.75) is 23.3 Å². The second-order valence-electron chi connectivity index (χ2n) is 3.83. The minimum atomic E-state index is 0.130. The molecule has 0 saturated heterocycles. The lowest BCUT2D eigenvalue weighted by atomic mass is 10.3. The van der Waals surface area contributed by atoms with Crippen LogP contribution in [0.2, 0.25) is 0 Å². The zero-order valence-electron chi connectivity index (χ0n) is 8.32. The first-order valence-electron chi connectivity index (χ1n) is 4.78. The molecule has 2 rings (SSSR count). The predicted octanol–water partition coefficient (Wildman–Crippen LogP) is 2.28. The van der Waals surface area contributed by atoms with Gasteiger partial charge in [0.2, 0.25) is 0 Å². The summed E-state index contributed by atoms with van der Waals surface area (Å²) < 4.78 is 5.09. The van der Waals surface area contributed by atoms with E-state index in [9.17, 15) is 0 Å². The monoisotopic (exact) mass is 209 g/mol. The molecule has 0 heterocycles. The van der Waals surface area contributed by atoms with Gasteiger partial charge >= 0.3 is 0 Å². The van der Waals surface area contributed by atoms with E-state index in [1.54, 1.807) is 7.11 Å². The molecule has 1 aromatic rings. The fourth-order valence-electron chi connectivity index (χ4n) is 1.20. The third-order valence-corrected chi connectivity index (χ3v) is 3.80. The summed E-state index contributed by atoms with van der Waals surface area (Å²) in [4.78, 5) is 1.27. The molecule has 0 aliphatic heterocycles. The van der Waals surface area contributed by atoms with E-state index < -0.39 is 0 Å². The summed E-state index contributed by atoms with van der Waals surface area (Å²) in [7, 11) is 1.68. The van der Waals surface area contributed by atoms with Crippen LogP contribution in [0.15, 0.2) is 29.2 Å². The molecule has 1 aliphatic rings. The summed E-state index contributed by atoms with van der Waals surface area (Å²) in [6, 6.07) is 8.13. The average Bonchev–Trinajstić information content (AvgIpc) is 2.95. The lowest BCUT2D eigenvalue weighted by Crippen LogP contribution is -2.24. The fourth-order valence-corrected chi connectivity index (χ4v) is 2.28. The van der Waals surface area contributed by atoms with Gasteiger partial charge in [0.15, 0.2) is 0 Å². The van der Waals surface area contributed by atoms with Crippen LogP contribution in [0.1, 0.15) is 12.8 Å². The van der Waals surface area contributed by atoms with Gasteiger partial charge in [-0.1, -0.05) is 0 Å². The van der Waals surface area contributed by atoms with Gasteiger partial charge in [-0.3, -0.25) is 0 Å². The number of nitrogens with two attached hydrogens (primary N) is 1. The molecule has 0 bridgehead atoms. The summed E-state index contributed by atoms with van der Waals surface area (Å²) in [6.07, 6.45) is 2.35. The predicted molar refractivity (Wildman–Crippen MR) is 59.9 cm³/mol. The topological polar surface area (TPSA) is 35.2 Å². The first-order valence-corrected chi connectivity index (χ1v) is 5.76. The molecule has 1 fully saturated rings. The Labute approximate surface area is 88.8 Å². The summed E-state index contributed by atoms with van der Waals surface area (Å²) in [5.74, 6) is 1.93. The molecule has 1 aromatic carbocycles. The Kier molecular flexibility index (Phi) is 2.70. The summed E-state index contributed by atoms with van der Waals surface area (Å²) in [6.45, 7) is 0. The zero-order valence-corrected chi connectivity index (χ0v) is 9.14. The van der Waals surface area contributed by atoms with Crippen LogP contribution in [0, 0.1) is 0 Å². The number of thioether (sulfide) groups is 1. The third-order valence-electron chi connectivity index (χ3n) is 2.48. The van der Waals surface area contributed by atoms with Crippen molar-refractivity contribution in [3.8, 4) is 5.75 Å². The van der Waals surface area contributed by atoms with E-state index >= 15 is 0 Å². The van der Waals surface area contributed by atoms with Crippen LogP contribution in [0.25, 0.3) is 0 Å². The van der Waals surface area contributed by atoms with Crippen LogP contribution in [0.4, 0.5) is 0 Å². The molecule has 76 valence electrons. The maximum absolute atomic E-state index is 6.00. The third kappa shape index (κ3) is 2.42. The highest BCUT2D eigenvalue weighted by atomic mass is 32.2. The van der Waals surface area contributed by atoms with E-state index in [1.165, 1.54) is 17.7 Å². The summed E-state index contributed by atoms with van der Waals surface area (Å²) >= 11 is 1.83. The van der Waals surface area contributed by atoms with Crippen LogP contribution in [-0.4, -0.2) is 18.4 Å². The van der Waals surface area contributed by atoms with Gasteiger partial charge in [-0.2, -0.15) is 0 Å². The van der Waals surface area contributed by atoms with Gasteiger partial charge in [-0.25, -0.2) is 0 Å². The smallest absolute Gasteiger partial charge is 0.118 e. The van der Waals surface area contributed by atoms with Crippen LogP contribution in [0.3, 0.4) is 0 Å². The molecule has 1 saturated carbocycles. The van der Waals surface area contributed by atoms with Gasteiger partial charge in [-0.15, -0.1) is 11.8 Å². The quantitative estimate of drug-likeness (QED) is 0.773. The van der Waals surface area contributed by atoms with Crippen molar-refractivity contribution < 1.29 is 4.74 Å². The average molecular weight is 209 g/mol. The molecule has 0 atom stereocenters. The second kappa shape index (κ2) is 3.83. The molecule has 0 aromatic heterocycles. The number of hydrogen-bond donors (Lipinski definition) is 1. The van der Waals surface area contributed by atoms with Crippen molar-refractivity contribution >= 4 is 11.8 Å². The molecular weight excluding hydrogens is 194 g/mol. The SMILES string of the molecule is COc1ccc(SCC2(N)CC2)cc1. The van der Waals surface area contributed by atoms with E-state index in [1.807, 2.05) is 23.9 Å². The number of rotatable bonds is 4. The fraction of sp³-hybridized carbons (Fsp3) is 0.455. The number of ether oxygens (including phenoxy) is 1. The van der Waals surface area contributed by atoms with Gasteiger partial charge in [0.1, 0.15) is 5.75 Å². The maximum Gasteiger partial charge on any atom is 0.118 e. The second-order valence-corrected chi connectivity index (χ2v) is 4.88. The van der Waals surface area contributed by atoms with Crippen molar-refractivity contribution in [2.24, 2.45) is 5.73 Å². The number of benzene rings is 1. The van der Waals surface area contributed by atoms with E-state index in [-0.39, 0.29) is 5.54 Å². The molecule has 0 radical (unpaired) electrons. The Morgan fingerprint density at radius 2 is 2.00 bits per heavy atom. The first kappa shape index (κ1) is 9.87. The Morgan fingerprint density at radius 1 is 1.36 bits per heavy atom. The molecule has 0 spiro atoms. The zero-order chi connectivity index (χ0) is 10.0. The largest absolute Gasteiger partial charge is 0.497 e. The van der Waals surface area contributed by atoms with Gasteiger partial charge in [0.25, 0.3) is 0 Å². The van der Waals surface area contributed by atoms with Crippen LogP contribution in [-0.2, 0) is 0 Å². The minimum Gasteiger partial charge on any atom is -0.497 e. The Bertz CT molecular complexity index is 306. The summed E-state index contributed by atoms with van der Waals surface area (Å²) in [5, 5.41) is 0.